The molecule has 0 atom stereocenters. The van der Waals surface area contributed by atoms with Gasteiger partial charge < -0.3 is 0 Å². The highest BCUT2D eigenvalue weighted by molar-refractivity contribution is 5.40. The number of aromatic nitrogens is 2. The van der Waals surface area contributed by atoms with Crippen molar-refractivity contribution >= 4 is 0 Å². The number of aromatic amines is 1. The quantitative estimate of drug-likeness (QED) is 0.300. The Balaban J connectivity index is 2.82. The predicted octanol–water partition coefficient (Wildman–Crippen LogP) is 1.69. The highest BCUT2D eigenvalue weighted by Gasteiger charge is 2.00. The van der Waals surface area contributed by atoms with E-state index < -0.39 is 0 Å². The molecule has 0 aliphatic carbocycles. The van der Waals surface area contributed by atoms with Gasteiger partial charge in [0.1, 0.15) is 0 Å². The maximum Gasteiger partial charge on any atom is 0.0880 e. The van der Waals surface area contributed by atoms with Gasteiger partial charge in [0.05, 0.1) is 17.8 Å². The van der Waals surface area contributed by atoms with Crippen molar-refractivity contribution in [1.29, 1.82) is 0 Å². The zero-order valence-corrected chi connectivity index (χ0v) is 7.50. The van der Waals surface area contributed by atoms with Crippen molar-refractivity contribution in [3.05, 3.63) is 27.4 Å². The number of rotatable bonds is 1. The first-order chi connectivity index (χ1) is 6.25. The Labute approximate surface area is 75.8 Å². The van der Waals surface area contributed by atoms with Crippen LogP contribution in [0.4, 0.5) is 0 Å². The second kappa shape index (κ2) is 4.19. The Morgan fingerprint density at radius 3 is 2.92 bits per heavy atom. The average molecular weight is 175 g/mol. The monoisotopic (exact) mass is 175 g/mol. The molecular formula is C8H9N5. The summed E-state index contributed by atoms with van der Waals surface area (Å²) >= 11 is 0. The molecular weight excluding hydrogens is 166 g/mol. The van der Waals surface area contributed by atoms with E-state index in [2.05, 4.69) is 32.1 Å². The predicted molar refractivity (Wildman–Crippen MR) is 49.0 cm³/mol. The van der Waals surface area contributed by atoms with E-state index in [1.54, 1.807) is 0 Å². The fraction of sp³-hybridized carbons (Fsp3) is 0.375. The van der Waals surface area contributed by atoms with Crippen LogP contribution >= 0.6 is 0 Å². The van der Waals surface area contributed by atoms with Gasteiger partial charge in [-0.15, -0.1) is 0 Å². The third kappa shape index (κ3) is 2.26. The number of nitrogens with one attached hydrogen (secondary N) is 1. The second-order valence-electron chi connectivity index (χ2n) is 2.50. The van der Waals surface area contributed by atoms with Crippen molar-refractivity contribution in [1.82, 2.24) is 10.2 Å². The average Bonchev–Trinajstić information content (AvgIpc) is 2.42. The van der Waals surface area contributed by atoms with Crippen LogP contribution in [0.1, 0.15) is 17.0 Å². The maximum absolute atomic E-state index is 8.00. The van der Waals surface area contributed by atoms with E-state index in [9.17, 15) is 0 Å². The van der Waals surface area contributed by atoms with Crippen LogP contribution in [0.5, 0.6) is 0 Å². The first kappa shape index (κ1) is 9.17. The third-order valence-corrected chi connectivity index (χ3v) is 1.55. The number of H-pyrrole nitrogens is 1. The summed E-state index contributed by atoms with van der Waals surface area (Å²) < 4.78 is 0. The van der Waals surface area contributed by atoms with Crippen LogP contribution in [0, 0.1) is 25.7 Å². The summed E-state index contributed by atoms with van der Waals surface area (Å²) in [5, 5.41) is 10.1. The smallest absolute Gasteiger partial charge is 0.0880 e. The fourth-order valence-electron chi connectivity index (χ4n) is 0.930. The van der Waals surface area contributed by atoms with E-state index >= 15 is 0 Å². The molecule has 0 saturated carbocycles. The van der Waals surface area contributed by atoms with Gasteiger partial charge in [-0.1, -0.05) is 17.0 Å². The molecule has 0 aromatic carbocycles. The molecule has 66 valence electrons. The molecule has 0 aliphatic rings. The number of nitrogens with zero attached hydrogens (tertiary/aromatic N) is 4. The Kier molecular flexibility index (Phi) is 2.96. The van der Waals surface area contributed by atoms with Crippen molar-refractivity contribution in [2.24, 2.45) is 5.11 Å². The van der Waals surface area contributed by atoms with Gasteiger partial charge in [-0.25, -0.2) is 0 Å². The standard InChI is InChI=1S/C8H9N5/c1-6-8(7(2)12-11-6)4-3-5-10-13-9/h5H2,1-2H3,(H,11,12). The second-order valence-corrected chi connectivity index (χ2v) is 2.50. The molecule has 5 heteroatoms. The minimum Gasteiger partial charge on any atom is -0.281 e. The number of hydrogen-bond donors (Lipinski definition) is 1. The maximum atomic E-state index is 8.00. The van der Waals surface area contributed by atoms with Crippen molar-refractivity contribution in [3.8, 4) is 11.8 Å². The molecule has 0 bridgehead atoms. The molecule has 0 amide bonds. The summed E-state index contributed by atoms with van der Waals surface area (Å²) in [5.74, 6) is 5.63. The first-order valence-electron chi connectivity index (χ1n) is 3.77. The van der Waals surface area contributed by atoms with Gasteiger partial charge in [-0.2, -0.15) is 5.10 Å². The van der Waals surface area contributed by atoms with Crippen molar-refractivity contribution in [3.63, 3.8) is 0 Å². The van der Waals surface area contributed by atoms with Crippen LogP contribution in [0.25, 0.3) is 10.4 Å². The van der Waals surface area contributed by atoms with Crippen LogP contribution < -0.4 is 0 Å². The largest absolute Gasteiger partial charge is 0.281 e. The molecule has 5 nitrogen and oxygen atoms in total. The molecule has 1 rings (SSSR count). The zero-order chi connectivity index (χ0) is 9.68. The normalized spacial score (nSPS) is 8.46. The van der Waals surface area contributed by atoms with Crippen LogP contribution in [0.3, 0.4) is 0 Å². The van der Waals surface area contributed by atoms with Gasteiger partial charge in [-0.3, -0.25) is 5.10 Å². The minimum absolute atomic E-state index is 0.195. The molecule has 1 aromatic heterocycles. The SMILES string of the molecule is Cc1n[nH]c(C)c1C#CCN=[N+]=[N-]. The van der Waals surface area contributed by atoms with Crippen molar-refractivity contribution in [2.75, 3.05) is 6.54 Å². The van der Waals surface area contributed by atoms with Crippen LogP contribution in [0.15, 0.2) is 5.11 Å². The Hall–Kier alpha value is -1.92. The van der Waals surface area contributed by atoms with E-state index in [1.807, 2.05) is 13.8 Å². The summed E-state index contributed by atoms with van der Waals surface area (Å²) in [6, 6.07) is 0. The number of azide groups is 1. The van der Waals surface area contributed by atoms with Crippen LogP contribution in [-0.2, 0) is 0 Å². The van der Waals surface area contributed by atoms with E-state index in [-0.39, 0.29) is 6.54 Å². The topological polar surface area (TPSA) is 77.4 Å². The van der Waals surface area contributed by atoms with Gasteiger partial charge >= 0.3 is 0 Å². The third-order valence-electron chi connectivity index (χ3n) is 1.55. The molecule has 0 fully saturated rings. The van der Waals surface area contributed by atoms with Gasteiger partial charge in [0.2, 0.25) is 0 Å². The fourth-order valence-corrected chi connectivity index (χ4v) is 0.930. The van der Waals surface area contributed by atoms with E-state index in [0.717, 1.165) is 17.0 Å². The highest BCUT2D eigenvalue weighted by Crippen LogP contribution is 2.06. The van der Waals surface area contributed by atoms with Crippen molar-refractivity contribution in [2.45, 2.75) is 13.8 Å². The number of hydrogen-bond acceptors (Lipinski definition) is 2. The van der Waals surface area contributed by atoms with Gasteiger partial charge in [-0.05, 0) is 19.4 Å². The molecule has 0 unspecified atom stereocenters. The molecule has 0 saturated heterocycles. The van der Waals surface area contributed by atoms with E-state index in [1.165, 1.54) is 0 Å². The van der Waals surface area contributed by atoms with Gasteiger partial charge in [0, 0.05) is 10.6 Å². The van der Waals surface area contributed by atoms with Gasteiger partial charge in [0.15, 0.2) is 0 Å². The Morgan fingerprint density at radius 1 is 1.62 bits per heavy atom. The summed E-state index contributed by atoms with van der Waals surface area (Å²) in [6.45, 7) is 3.97. The molecule has 1 aromatic rings. The lowest BCUT2D eigenvalue weighted by atomic mass is 10.2. The Morgan fingerprint density at radius 2 is 2.38 bits per heavy atom. The van der Waals surface area contributed by atoms with E-state index in [0.29, 0.717) is 0 Å². The lowest BCUT2D eigenvalue weighted by Crippen LogP contribution is -1.79. The molecule has 13 heavy (non-hydrogen) atoms. The van der Waals surface area contributed by atoms with Crippen molar-refractivity contribution < 1.29 is 0 Å². The molecule has 1 heterocycles. The first-order valence-corrected chi connectivity index (χ1v) is 3.77. The van der Waals surface area contributed by atoms with Gasteiger partial charge in [0.25, 0.3) is 0 Å². The summed E-state index contributed by atoms with van der Waals surface area (Å²) in [7, 11) is 0. The lowest BCUT2D eigenvalue weighted by molar-refractivity contribution is 1.02. The summed E-state index contributed by atoms with van der Waals surface area (Å²) in [5.41, 5.74) is 10.7. The zero-order valence-electron chi connectivity index (χ0n) is 7.50. The van der Waals surface area contributed by atoms with Crippen LogP contribution in [0.2, 0.25) is 0 Å². The van der Waals surface area contributed by atoms with E-state index in [4.69, 9.17) is 5.53 Å². The number of aryl methyl sites for hydroxylation is 2. The molecule has 1 N–H and O–H groups in total. The van der Waals surface area contributed by atoms with Crippen LogP contribution in [-0.4, -0.2) is 16.7 Å². The highest BCUT2D eigenvalue weighted by atomic mass is 15.1. The summed E-state index contributed by atoms with van der Waals surface area (Å²) in [6.07, 6.45) is 0. The molecule has 0 radical (unpaired) electrons. The lowest BCUT2D eigenvalue weighted by Gasteiger charge is -1.85. The molecule has 0 aliphatic heterocycles. The summed E-state index contributed by atoms with van der Waals surface area (Å²) in [4.78, 5) is 2.60. The molecule has 0 spiro atoms. The minimum atomic E-state index is 0.195. The Bertz CT molecular complexity index is 380.